The first kappa shape index (κ1) is 52.2. The molecule has 8 nitrogen and oxygen atoms in total. The van der Waals surface area contributed by atoms with E-state index in [-0.39, 0.29) is 19.1 Å². The second-order valence-corrected chi connectivity index (χ2v) is 17.1. The number of unbranched alkanes of at least 4 members (excludes halogenated alkanes) is 17. The van der Waals surface area contributed by atoms with Gasteiger partial charge in [-0.2, -0.15) is 0 Å². The summed E-state index contributed by atoms with van der Waals surface area (Å²) in [6.45, 7) is 4.72. The third-order valence-corrected chi connectivity index (χ3v) is 10.2. The SMILES string of the molecule is CCCCC/C=C\C/C=C\CCCCCCCC(=O)NC(COP(=O)(O)OCC[N+](C)(C)C)C(O)/C=C/CC/C=C/CC/C=C/CCCCCCCCC. The van der Waals surface area contributed by atoms with Gasteiger partial charge in [0.1, 0.15) is 13.2 Å². The van der Waals surface area contributed by atoms with Gasteiger partial charge < -0.3 is 19.8 Å². The third kappa shape index (κ3) is 38.5. The molecule has 0 fully saturated rings. The molecular formula is C45H84N2O6P+. The zero-order chi connectivity index (χ0) is 40.0. The molecular weight excluding hydrogens is 695 g/mol. The maximum absolute atomic E-state index is 12.8. The van der Waals surface area contributed by atoms with E-state index in [1.807, 2.05) is 27.2 Å². The van der Waals surface area contributed by atoms with Crippen LogP contribution in [-0.2, 0) is 18.4 Å². The Kier molecular flexibility index (Phi) is 35.6. The molecule has 3 atom stereocenters. The number of carbonyl (C=O) groups is 1. The number of hydrogen-bond acceptors (Lipinski definition) is 5. The molecule has 0 heterocycles. The van der Waals surface area contributed by atoms with Gasteiger partial charge in [-0.1, -0.05) is 145 Å². The van der Waals surface area contributed by atoms with Crippen molar-refractivity contribution in [3.8, 4) is 0 Å². The van der Waals surface area contributed by atoms with Crippen molar-refractivity contribution in [2.75, 3.05) is 40.9 Å². The van der Waals surface area contributed by atoms with Crippen LogP contribution in [0, 0.1) is 0 Å². The summed E-state index contributed by atoms with van der Waals surface area (Å²) in [5.74, 6) is -0.208. The van der Waals surface area contributed by atoms with Gasteiger partial charge in [-0.15, -0.1) is 0 Å². The number of phosphoric acid groups is 1. The van der Waals surface area contributed by atoms with Crippen LogP contribution in [0.5, 0.6) is 0 Å². The fourth-order valence-corrected chi connectivity index (χ4v) is 6.42. The maximum atomic E-state index is 12.8. The number of likely N-dealkylation sites (N-methyl/N-ethyl adjacent to an activating group) is 1. The van der Waals surface area contributed by atoms with Gasteiger partial charge in [0, 0.05) is 6.42 Å². The number of quaternary nitrogens is 1. The first-order valence-corrected chi connectivity index (χ1v) is 23.2. The fourth-order valence-electron chi connectivity index (χ4n) is 5.69. The van der Waals surface area contributed by atoms with Crippen LogP contribution in [-0.4, -0.2) is 73.4 Å². The van der Waals surface area contributed by atoms with Gasteiger partial charge in [0.2, 0.25) is 5.91 Å². The van der Waals surface area contributed by atoms with Crippen molar-refractivity contribution >= 4 is 13.7 Å². The van der Waals surface area contributed by atoms with Crippen molar-refractivity contribution in [2.45, 2.75) is 180 Å². The highest BCUT2D eigenvalue weighted by Gasteiger charge is 2.27. The summed E-state index contributed by atoms with van der Waals surface area (Å²) in [4.78, 5) is 23.1. The van der Waals surface area contributed by atoms with Gasteiger partial charge in [0.25, 0.3) is 0 Å². The van der Waals surface area contributed by atoms with E-state index in [9.17, 15) is 19.4 Å². The molecule has 0 aliphatic carbocycles. The molecule has 9 heteroatoms. The zero-order valence-corrected chi connectivity index (χ0v) is 36.3. The minimum atomic E-state index is -4.35. The van der Waals surface area contributed by atoms with E-state index >= 15 is 0 Å². The highest BCUT2D eigenvalue weighted by Crippen LogP contribution is 2.43. The van der Waals surface area contributed by atoms with E-state index in [0.717, 1.165) is 70.6 Å². The van der Waals surface area contributed by atoms with Gasteiger partial charge in [-0.25, -0.2) is 4.57 Å². The molecule has 0 saturated carbocycles. The summed E-state index contributed by atoms with van der Waals surface area (Å²) in [6.07, 6.45) is 47.1. The number of amides is 1. The summed E-state index contributed by atoms with van der Waals surface area (Å²) >= 11 is 0. The van der Waals surface area contributed by atoms with Crippen LogP contribution < -0.4 is 5.32 Å². The molecule has 314 valence electrons. The topological polar surface area (TPSA) is 105 Å². The van der Waals surface area contributed by atoms with Crippen molar-refractivity contribution in [3.63, 3.8) is 0 Å². The van der Waals surface area contributed by atoms with Crippen molar-refractivity contribution < 1.29 is 32.9 Å². The van der Waals surface area contributed by atoms with E-state index in [4.69, 9.17) is 9.05 Å². The zero-order valence-electron chi connectivity index (χ0n) is 35.4. The summed E-state index contributed by atoms with van der Waals surface area (Å²) in [5, 5.41) is 13.8. The molecule has 3 unspecified atom stereocenters. The number of nitrogens with one attached hydrogen (secondary N) is 1. The summed E-state index contributed by atoms with van der Waals surface area (Å²) in [7, 11) is 1.53. The number of nitrogens with zero attached hydrogens (tertiary/aromatic N) is 1. The Morgan fingerprint density at radius 2 is 1.07 bits per heavy atom. The number of rotatable bonds is 38. The van der Waals surface area contributed by atoms with Gasteiger partial charge in [0.05, 0.1) is 39.9 Å². The van der Waals surface area contributed by atoms with Gasteiger partial charge in [0.15, 0.2) is 0 Å². The largest absolute Gasteiger partial charge is 0.472 e. The van der Waals surface area contributed by atoms with Gasteiger partial charge in [-0.05, 0) is 77.0 Å². The highest BCUT2D eigenvalue weighted by molar-refractivity contribution is 7.47. The molecule has 54 heavy (non-hydrogen) atoms. The third-order valence-electron chi connectivity index (χ3n) is 9.19. The van der Waals surface area contributed by atoms with Crippen molar-refractivity contribution in [1.82, 2.24) is 5.32 Å². The molecule has 0 aromatic rings. The quantitative estimate of drug-likeness (QED) is 0.0249. The van der Waals surface area contributed by atoms with Crippen LogP contribution in [0.4, 0.5) is 0 Å². The van der Waals surface area contributed by atoms with Gasteiger partial charge in [-0.3, -0.25) is 13.8 Å². The first-order chi connectivity index (χ1) is 26.0. The summed E-state index contributed by atoms with van der Waals surface area (Å²) < 4.78 is 23.5. The Bertz CT molecular complexity index is 1060. The molecule has 0 spiro atoms. The Morgan fingerprint density at radius 3 is 1.63 bits per heavy atom. The average molecular weight is 780 g/mol. The van der Waals surface area contributed by atoms with E-state index in [0.29, 0.717) is 17.4 Å². The number of allylic oxidation sites excluding steroid dienone is 9. The molecule has 0 aromatic heterocycles. The van der Waals surface area contributed by atoms with Crippen LogP contribution >= 0.6 is 7.82 Å². The minimum absolute atomic E-state index is 0.0483. The molecule has 0 rings (SSSR count). The van der Waals surface area contributed by atoms with Gasteiger partial charge >= 0.3 is 7.82 Å². The summed E-state index contributed by atoms with van der Waals surface area (Å²) in [5.41, 5.74) is 0. The van der Waals surface area contributed by atoms with E-state index in [2.05, 4.69) is 67.8 Å². The average Bonchev–Trinajstić information content (AvgIpc) is 3.12. The van der Waals surface area contributed by atoms with E-state index in [1.54, 1.807) is 6.08 Å². The highest BCUT2D eigenvalue weighted by atomic mass is 31.2. The van der Waals surface area contributed by atoms with E-state index in [1.165, 1.54) is 77.0 Å². The van der Waals surface area contributed by atoms with Crippen LogP contribution in [0.2, 0.25) is 0 Å². The lowest BCUT2D eigenvalue weighted by Gasteiger charge is -2.25. The minimum Gasteiger partial charge on any atom is -0.387 e. The van der Waals surface area contributed by atoms with Crippen molar-refractivity contribution in [2.24, 2.45) is 0 Å². The number of aliphatic hydroxyl groups is 1. The molecule has 0 bridgehead atoms. The monoisotopic (exact) mass is 780 g/mol. The van der Waals surface area contributed by atoms with Crippen LogP contribution in [0.1, 0.15) is 168 Å². The lowest BCUT2D eigenvalue weighted by Crippen LogP contribution is -2.45. The Hall–Kier alpha value is -1.80. The smallest absolute Gasteiger partial charge is 0.387 e. The number of carbonyl (C=O) groups excluding carboxylic acids is 1. The Labute approximate surface area is 332 Å². The second kappa shape index (κ2) is 36.8. The van der Waals surface area contributed by atoms with Crippen LogP contribution in [0.15, 0.2) is 60.8 Å². The molecule has 0 radical (unpaired) electrons. The maximum Gasteiger partial charge on any atom is 0.472 e. The van der Waals surface area contributed by atoms with E-state index < -0.39 is 20.0 Å². The lowest BCUT2D eigenvalue weighted by molar-refractivity contribution is -0.870. The predicted octanol–water partition coefficient (Wildman–Crippen LogP) is 11.9. The number of aliphatic hydroxyl groups excluding tert-OH is 1. The Morgan fingerprint density at radius 1 is 0.630 bits per heavy atom. The molecule has 0 saturated heterocycles. The molecule has 0 aliphatic rings. The number of phosphoric ester groups is 1. The number of hydrogen-bond donors (Lipinski definition) is 3. The first-order valence-electron chi connectivity index (χ1n) is 21.7. The lowest BCUT2D eigenvalue weighted by atomic mass is 10.1. The molecule has 1 amide bonds. The van der Waals surface area contributed by atoms with Crippen molar-refractivity contribution in [3.05, 3.63) is 60.8 Å². The summed E-state index contributed by atoms with van der Waals surface area (Å²) in [6, 6.07) is -0.877. The van der Waals surface area contributed by atoms with Crippen LogP contribution in [0.25, 0.3) is 0 Å². The van der Waals surface area contributed by atoms with Crippen LogP contribution in [0.3, 0.4) is 0 Å². The fraction of sp³-hybridized carbons (Fsp3) is 0.756. The standard InChI is InChI=1S/C45H83N2O6P/c1-6-8-10-12-14-16-18-20-22-23-25-26-28-30-32-34-36-38-44(48)43(42-53-54(50,51)52-41-40-47(3,4)5)46-45(49)39-37-35-33-31-29-27-24-21-19-17-15-13-11-9-7-2/h15,17,21-24,28,30,36,38,43-44,48H,6-14,16,18-20,25-27,29,31-35,37,39-42H2,1-5H3,(H-,46,49,50,51)/p+1/b17-15-,23-22+,24-21-,30-28+,38-36+. The van der Waals surface area contributed by atoms with Crippen molar-refractivity contribution in [1.29, 1.82) is 0 Å². The predicted molar refractivity (Wildman–Crippen MR) is 230 cm³/mol. The Balaban J connectivity index is 4.58. The second-order valence-electron chi connectivity index (χ2n) is 15.7. The molecule has 0 aliphatic heterocycles. The molecule has 3 N–H and O–H groups in total. The molecule has 0 aromatic carbocycles. The normalized spacial score (nSPS) is 15.0.